The number of hydrogen-bond acceptors (Lipinski definition) is 16. The lowest BCUT2D eigenvalue weighted by Crippen LogP contribution is -2.43. The highest BCUT2D eigenvalue weighted by Crippen LogP contribution is 2.27. The molecule has 63 heavy (non-hydrogen) atoms. The summed E-state index contributed by atoms with van der Waals surface area (Å²) < 4.78 is 10.2. The van der Waals surface area contributed by atoms with Gasteiger partial charge in [0.25, 0.3) is 23.7 Å². The number of amides is 5. The van der Waals surface area contributed by atoms with Gasteiger partial charge in [-0.2, -0.15) is 9.97 Å². The van der Waals surface area contributed by atoms with Gasteiger partial charge in [-0.15, -0.1) is 10.2 Å². The number of anilines is 7. The van der Waals surface area contributed by atoms with Crippen LogP contribution in [0.5, 0.6) is 11.5 Å². The molecule has 6 aromatic rings. The first-order valence-corrected chi connectivity index (χ1v) is 19.7. The summed E-state index contributed by atoms with van der Waals surface area (Å²) in [5.74, 6) is -0.363. The Hall–Kier alpha value is -8.18. The van der Waals surface area contributed by atoms with Crippen LogP contribution in [0.15, 0.2) is 85.5 Å². The maximum absolute atomic E-state index is 12.7. The first-order chi connectivity index (χ1) is 30.8. The minimum atomic E-state index is -0.558. The Morgan fingerprint density at radius 3 is 1.63 bits per heavy atom. The summed E-state index contributed by atoms with van der Waals surface area (Å²) in [6.07, 6.45) is 6.56. The number of carbonyl (C=O) groups excluding carboxylic acids is 4. The van der Waals surface area contributed by atoms with Crippen molar-refractivity contribution in [2.75, 3.05) is 103 Å². The molecule has 5 amide bonds. The summed E-state index contributed by atoms with van der Waals surface area (Å²) in [4.78, 5) is 70.6. The lowest BCUT2D eigenvalue weighted by Gasteiger charge is -2.30. The fraction of sp³-hybridized carbons (Fsp3) is 0.250. The summed E-state index contributed by atoms with van der Waals surface area (Å²) in [6, 6.07) is 16.7. The SMILES string of the molecule is COc1cccc(C(=O)Nc2n[nH]c(C(=O)Nc3cnccc3N3CCNCC3)n2)c1.COc1cccc(NC(=O)Nc2n[nH]c(C(=O)Nc3cnccc3N3CCNCC3)n2)c1. The van der Waals surface area contributed by atoms with E-state index in [2.05, 4.69) is 87.3 Å². The second kappa shape index (κ2) is 20.9. The van der Waals surface area contributed by atoms with Gasteiger partial charge in [-0.3, -0.25) is 45.2 Å². The van der Waals surface area contributed by atoms with Crippen LogP contribution in [0.1, 0.15) is 31.6 Å². The van der Waals surface area contributed by atoms with Crippen LogP contribution in [0.25, 0.3) is 0 Å². The Morgan fingerprint density at radius 1 is 0.587 bits per heavy atom. The Balaban J connectivity index is 0.000000189. The zero-order chi connectivity index (χ0) is 44.0. The van der Waals surface area contributed by atoms with E-state index >= 15 is 0 Å². The fourth-order valence-corrected chi connectivity index (χ4v) is 6.43. The largest absolute Gasteiger partial charge is 0.497 e. The second-order valence-corrected chi connectivity index (χ2v) is 13.7. The van der Waals surface area contributed by atoms with Crippen LogP contribution in [0, 0.1) is 0 Å². The summed E-state index contributed by atoms with van der Waals surface area (Å²) in [7, 11) is 3.06. The lowest BCUT2D eigenvalue weighted by molar-refractivity contribution is 0.100. The molecule has 0 aliphatic carbocycles. The van der Waals surface area contributed by atoms with Crippen molar-refractivity contribution >= 4 is 64.1 Å². The number of ether oxygens (including phenoxy) is 2. The number of piperazine rings is 2. The molecule has 6 heterocycles. The molecule has 8 rings (SSSR count). The minimum Gasteiger partial charge on any atom is -0.497 e. The average molecular weight is 860 g/mol. The molecule has 4 aromatic heterocycles. The Morgan fingerprint density at radius 2 is 1.10 bits per heavy atom. The van der Waals surface area contributed by atoms with Gasteiger partial charge >= 0.3 is 6.03 Å². The maximum Gasteiger partial charge on any atom is 0.326 e. The predicted molar refractivity (Wildman–Crippen MR) is 234 cm³/mol. The molecule has 0 radical (unpaired) electrons. The van der Waals surface area contributed by atoms with Crippen molar-refractivity contribution in [3.63, 3.8) is 0 Å². The number of methoxy groups -OCH3 is 2. The summed E-state index contributed by atoms with van der Waals surface area (Å²) in [5.41, 5.74) is 3.83. The Labute approximate surface area is 360 Å². The molecule has 2 aromatic carbocycles. The molecule has 0 atom stereocenters. The zero-order valence-electron chi connectivity index (χ0n) is 34.3. The Bertz CT molecular complexity index is 2520. The van der Waals surface area contributed by atoms with Crippen LogP contribution < -0.4 is 56.5 Å². The van der Waals surface area contributed by atoms with E-state index in [1.807, 2.05) is 12.1 Å². The molecule has 2 fully saturated rings. The maximum atomic E-state index is 12.7. The highest BCUT2D eigenvalue weighted by molar-refractivity contribution is 6.06. The molecule has 23 heteroatoms. The number of H-pyrrole nitrogens is 2. The van der Waals surface area contributed by atoms with Crippen molar-refractivity contribution in [1.29, 1.82) is 0 Å². The van der Waals surface area contributed by atoms with Crippen molar-refractivity contribution in [1.82, 2.24) is 51.0 Å². The molecule has 2 saturated heterocycles. The number of pyridine rings is 2. The predicted octanol–water partition coefficient (Wildman–Crippen LogP) is 2.64. The number of nitrogens with zero attached hydrogens (tertiary/aromatic N) is 8. The van der Waals surface area contributed by atoms with Crippen molar-refractivity contribution in [3.8, 4) is 11.5 Å². The molecule has 0 saturated carbocycles. The number of aromatic nitrogens is 8. The smallest absolute Gasteiger partial charge is 0.326 e. The van der Waals surface area contributed by atoms with Crippen LogP contribution >= 0.6 is 0 Å². The van der Waals surface area contributed by atoms with Gasteiger partial charge in [-0.25, -0.2) is 4.79 Å². The fourth-order valence-electron chi connectivity index (χ4n) is 6.43. The molecule has 2 aliphatic rings. The van der Waals surface area contributed by atoms with E-state index in [1.54, 1.807) is 73.3 Å². The van der Waals surface area contributed by atoms with E-state index in [-0.39, 0.29) is 23.5 Å². The topological polar surface area (TPSA) is 286 Å². The lowest BCUT2D eigenvalue weighted by atomic mass is 10.2. The molecule has 0 spiro atoms. The number of hydrogen-bond donors (Lipinski definition) is 9. The molecular weight excluding hydrogens is 815 g/mol. The molecule has 0 unspecified atom stereocenters. The van der Waals surface area contributed by atoms with Crippen LogP contribution in [0.2, 0.25) is 0 Å². The monoisotopic (exact) mass is 859 g/mol. The molecule has 9 N–H and O–H groups in total. The van der Waals surface area contributed by atoms with Gasteiger partial charge < -0.3 is 45.9 Å². The van der Waals surface area contributed by atoms with Crippen LogP contribution in [0.4, 0.5) is 45.1 Å². The minimum absolute atomic E-state index is 0.00788. The molecule has 23 nitrogen and oxygen atoms in total. The normalized spacial score (nSPS) is 13.4. The van der Waals surface area contributed by atoms with E-state index in [4.69, 9.17) is 9.47 Å². The van der Waals surface area contributed by atoms with Crippen molar-refractivity contribution in [2.45, 2.75) is 0 Å². The highest BCUT2D eigenvalue weighted by Gasteiger charge is 2.21. The van der Waals surface area contributed by atoms with E-state index < -0.39 is 23.8 Å². The van der Waals surface area contributed by atoms with Crippen LogP contribution in [0.3, 0.4) is 0 Å². The second-order valence-electron chi connectivity index (χ2n) is 13.7. The van der Waals surface area contributed by atoms with Gasteiger partial charge in [-0.1, -0.05) is 12.1 Å². The molecule has 2 aliphatic heterocycles. The zero-order valence-corrected chi connectivity index (χ0v) is 34.3. The summed E-state index contributed by atoms with van der Waals surface area (Å²) in [6.45, 7) is 6.78. The van der Waals surface area contributed by atoms with Crippen molar-refractivity contribution < 1.29 is 28.7 Å². The van der Waals surface area contributed by atoms with Gasteiger partial charge in [0, 0.05) is 82.1 Å². The summed E-state index contributed by atoms with van der Waals surface area (Å²) in [5, 5.41) is 32.8. The van der Waals surface area contributed by atoms with E-state index in [9.17, 15) is 19.2 Å². The third-order valence-corrected chi connectivity index (χ3v) is 9.52. The molecule has 0 bridgehead atoms. The first kappa shape index (κ1) is 42.9. The third kappa shape index (κ3) is 11.6. The number of rotatable bonds is 12. The number of nitrogens with one attached hydrogen (secondary N) is 9. The number of carbonyl (C=O) groups is 4. The quantitative estimate of drug-likeness (QED) is 0.0855. The van der Waals surface area contributed by atoms with E-state index in [1.165, 1.54) is 14.2 Å². The summed E-state index contributed by atoms with van der Waals surface area (Å²) >= 11 is 0. The number of benzene rings is 2. The standard InChI is InChI=1S/C20H23N9O3.C20H22N8O3/c1-32-14-4-2-3-13(11-14)23-20(31)26-19-25-17(27-28-19)18(30)24-15-12-22-6-5-16(15)29-9-7-21-8-10-29;1-31-14-4-2-3-13(11-14)18(29)25-20-24-17(26-27-20)19(30)23-15-12-22-6-5-16(15)28-9-7-21-8-10-28/h2-6,11-12,21H,7-10H2,1H3,(H,24,30)(H3,23,25,26,27,28,31);2-6,11-12,21H,7-10H2,1H3,(H,23,30)(H2,24,25,26,27,29). The van der Waals surface area contributed by atoms with Crippen LogP contribution in [-0.4, -0.2) is 131 Å². The van der Waals surface area contributed by atoms with Gasteiger partial charge in [0.15, 0.2) is 0 Å². The van der Waals surface area contributed by atoms with Crippen molar-refractivity contribution in [2.24, 2.45) is 0 Å². The van der Waals surface area contributed by atoms with Gasteiger partial charge in [0.05, 0.1) is 49.4 Å². The average Bonchev–Trinajstić information content (AvgIpc) is 4.00. The molecule has 326 valence electrons. The van der Waals surface area contributed by atoms with E-state index in [0.29, 0.717) is 34.1 Å². The van der Waals surface area contributed by atoms with Gasteiger partial charge in [0.1, 0.15) is 11.5 Å². The van der Waals surface area contributed by atoms with Crippen molar-refractivity contribution in [3.05, 3.63) is 103 Å². The first-order valence-electron chi connectivity index (χ1n) is 19.7. The molecular formula is C40H45N17O6. The van der Waals surface area contributed by atoms with Gasteiger partial charge in [0.2, 0.25) is 17.6 Å². The highest BCUT2D eigenvalue weighted by atomic mass is 16.5. The van der Waals surface area contributed by atoms with Gasteiger partial charge in [-0.05, 0) is 42.5 Å². The number of aromatic amines is 2. The van der Waals surface area contributed by atoms with Crippen LogP contribution in [-0.2, 0) is 0 Å². The Kier molecular flexibility index (Phi) is 14.2. The van der Waals surface area contributed by atoms with E-state index in [0.717, 1.165) is 63.7 Å². The third-order valence-electron chi connectivity index (χ3n) is 9.52. The number of urea groups is 1.